The Labute approximate surface area is 118 Å². The topological polar surface area (TPSA) is 26.0 Å². The third kappa shape index (κ3) is 2.54. The van der Waals surface area contributed by atoms with Crippen LogP contribution in [0.5, 0.6) is 0 Å². The van der Waals surface area contributed by atoms with Crippen LogP contribution in [-0.4, -0.2) is 0 Å². The Morgan fingerprint density at radius 1 is 1.00 bits per heavy atom. The fourth-order valence-corrected chi connectivity index (χ4v) is 2.45. The largest absolute Gasteiger partial charge is 0.320 e. The molecular formula is C15H15Cl2N. The van der Waals surface area contributed by atoms with Gasteiger partial charge in [-0.25, -0.2) is 0 Å². The highest BCUT2D eigenvalue weighted by atomic mass is 35.5. The molecule has 0 amide bonds. The molecule has 1 nitrogen and oxygen atoms in total. The summed E-state index contributed by atoms with van der Waals surface area (Å²) < 4.78 is 0. The van der Waals surface area contributed by atoms with E-state index >= 15 is 0 Å². The molecule has 0 saturated carbocycles. The number of benzene rings is 2. The van der Waals surface area contributed by atoms with Crippen LogP contribution in [0.1, 0.15) is 28.3 Å². The lowest BCUT2D eigenvalue weighted by Crippen LogP contribution is -2.14. The second kappa shape index (κ2) is 5.31. The zero-order valence-corrected chi connectivity index (χ0v) is 11.9. The first-order chi connectivity index (χ1) is 8.50. The van der Waals surface area contributed by atoms with E-state index in [-0.39, 0.29) is 6.04 Å². The zero-order chi connectivity index (χ0) is 13.3. The molecule has 1 atom stereocenters. The molecule has 0 radical (unpaired) electrons. The van der Waals surface area contributed by atoms with Gasteiger partial charge in [-0.05, 0) is 54.3 Å². The Morgan fingerprint density at radius 2 is 1.72 bits per heavy atom. The molecular weight excluding hydrogens is 265 g/mol. The molecule has 0 aliphatic heterocycles. The van der Waals surface area contributed by atoms with Gasteiger partial charge in [0.25, 0.3) is 0 Å². The molecule has 0 aliphatic carbocycles. The van der Waals surface area contributed by atoms with Gasteiger partial charge in [0.1, 0.15) is 0 Å². The van der Waals surface area contributed by atoms with Gasteiger partial charge in [-0.1, -0.05) is 41.4 Å². The lowest BCUT2D eigenvalue weighted by atomic mass is 9.93. The van der Waals surface area contributed by atoms with Crippen LogP contribution in [0.25, 0.3) is 0 Å². The second-order valence-corrected chi connectivity index (χ2v) is 5.28. The van der Waals surface area contributed by atoms with E-state index in [1.165, 1.54) is 11.1 Å². The molecule has 0 heterocycles. The van der Waals surface area contributed by atoms with E-state index in [2.05, 4.69) is 19.9 Å². The molecule has 2 aromatic carbocycles. The van der Waals surface area contributed by atoms with Crippen molar-refractivity contribution in [3.63, 3.8) is 0 Å². The number of rotatable bonds is 2. The summed E-state index contributed by atoms with van der Waals surface area (Å²) in [4.78, 5) is 0. The first-order valence-corrected chi connectivity index (χ1v) is 6.53. The van der Waals surface area contributed by atoms with Crippen LogP contribution in [0.4, 0.5) is 0 Å². The third-order valence-electron chi connectivity index (χ3n) is 3.27. The van der Waals surface area contributed by atoms with Crippen molar-refractivity contribution in [2.75, 3.05) is 0 Å². The fraction of sp³-hybridized carbons (Fsp3) is 0.200. The lowest BCUT2D eigenvalue weighted by Gasteiger charge is -2.18. The third-order valence-corrected chi connectivity index (χ3v) is 3.85. The summed E-state index contributed by atoms with van der Waals surface area (Å²) >= 11 is 12.2. The van der Waals surface area contributed by atoms with E-state index in [4.69, 9.17) is 28.9 Å². The lowest BCUT2D eigenvalue weighted by molar-refractivity contribution is 0.859. The minimum atomic E-state index is -0.254. The summed E-state index contributed by atoms with van der Waals surface area (Å²) in [7, 11) is 0. The molecule has 0 spiro atoms. The van der Waals surface area contributed by atoms with Crippen molar-refractivity contribution < 1.29 is 0 Å². The van der Waals surface area contributed by atoms with Crippen LogP contribution in [0, 0.1) is 13.8 Å². The van der Waals surface area contributed by atoms with Crippen LogP contribution < -0.4 is 5.73 Å². The second-order valence-electron chi connectivity index (χ2n) is 4.43. The summed E-state index contributed by atoms with van der Waals surface area (Å²) in [5.74, 6) is 0. The van der Waals surface area contributed by atoms with Gasteiger partial charge in [0.05, 0.1) is 6.04 Å². The van der Waals surface area contributed by atoms with Crippen LogP contribution in [0.15, 0.2) is 36.4 Å². The summed E-state index contributed by atoms with van der Waals surface area (Å²) in [6, 6.07) is 11.2. The molecule has 18 heavy (non-hydrogen) atoms. The molecule has 0 aromatic heterocycles. The van der Waals surface area contributed by atoms with Crippen LogP contribution in [0.3, 0.4) is 0 Å². The van der Waals surface area contributed by atoms with E-state index in [1.54, 1.807) is 12.1 Å². The van der Waals surface area contributed by atoms with Crippen molar-refractivity contribution in [1.82, 2.24) is 0 Å². The van der Waals surface area contributed by atoms with Crippen molar-refractivity contribution >= 4 is 23.2 Å². The van der Waals surface area contributed by atoms with E-state index < -0.39 is 0 Å². The minimum absolute atomic E-state index is 0.254. The van der Waals surface area contributed by atoms with Crippen molar-refractivity contribution in [1.29, 1.82) is 0 Å². The average molecular weight is 280 g/mol. The summed E-state index contributed by atoms with van der Waals surface area (Å²) in [5.41, 5.74) is 10.7. The quantitative estimate of drug-likeness (QED) is 0.850. The van der Waals surface area contributed by atoms with Crippen LogP contribution >= 0.6 is 23.2 Å². The highest BCUT2D eigenvalue weighted by molar-refractivity contribution is 6.33. The smallest absolute Gasteiger partial charge is 0.0569 e. The molecule has 2 aromatic rings. The van der Waals surface area contributed by atoms with Crippen LogP contribution in [0.2, 0.25) is 10.0 Å². The highest BCUT2D eigenvalue weighted by Gasteiger charge is 2.15. The molecule has 0 aliphatic rings. The predicted octanol–water partition coefficient (Wildman–Crippen LogP) is 4.66. The minimum Gasteiger partial charge on any atom is -0.320 e. The first-order valence-electron chi connectivity index (χ1n) is 5.77. The van der Waals surface area contributed by atoms with E-state index in [1.807, 2.05) is 18.2 Å². The normalized spacial score (nSPS) is 12.5. The van der Waals surface area contributed by atoms with E-state index in [9.17, 15) is 0 Å². The molecule has 3 heteroatoms. The summed E-state index contributed by atoms with van der Waals surface area (Å²) in [5, 5.41) is 1.29. The van der Waals surface area contributed by atoms with Gasteiger partial charge in [-0.15, -0.1) is 0 Å². The van der Waals surface area contributed by atoms with Gasteiger partial charge >= 0.3 is 0 Å². The maximum Gasteiger partial charge on any atom is 0.0569 e. The van der Waals surface area contributed by atoms with Gasteiger partial charge in [0.2, 0.25) is 0 Å². The van der Waals surface area contributed by atoms with E-state index in [0.717, 1.165) is 11.1 Å². The maximum absolute atomic E-state index is 6.31. The van der Waals surface area contributed by atoms with Gasteiger partial charge in [0.15, 0.2) is 0 Å². The average Bonchev–Trinajstić information content (AvgIpc) is 2.35. The number of aryl methyl sites for hydroxylation is 1. The summed E-state index contributed by atoms with van der Waals surface area (Å²) in [6.07, 6.45) is 0. The fourth-order valence-electron chi connectivity index (χ4n) is 2.03. The summed E-state index contributed by atoms with van der Waals surface area (Å²) in [6.45, 7) is 4.15. The Balaban J connectivity index is 2.51. The van der Waals surface area contributed by atoms with Crippen molar-refractivity contribution in [3.05, 3.63) is 68.7 Å². The molecule has 94 valence electrons. The molecule has 1 unspecified atom stereocenters. The van der Waals surface area contributed by atoms with Gasteiger partial charge in [-0.2, -0.15) is 0 Å². The number of hydrogen-bond acceptors (Lipinski definition) is 1. The Kier molecular flexibility index (Phi) is 3.96. The number of nitrogens with two attached hydrogens (primary N) is 1. The SMILES string of the molecule is Cc1cccc(C(N)c2cc(Cl)ccc2Cl)c1C. The van der Waals surface area contributed by atoms with Crippen LogP contribution in [-0.2, 0) is 0 Å². The Morgan fingerprint density at radius 3 is 2.44 bits per heavy atom. The number of halogens is 2. The molecule has 0 saturated heterocycles. The highest BCUT2D eigenvalue weighted by Crippen LogP contribution is 2.31. The van der Waals surface area contributed by atoms with Crippen molar-refractivity contribution in [2.45, 2.75) is 19.9 Å². The standard InChI is InChI=1S/C15H15Cl2N/c1-9-4-3-5-12(10(9)2)15(18)13-8-11(16)6-7-14(13)17/h3-8,15H,18H2,1-2H3. The maximum atomic E-state index is 6.31. The zero-order valence-electron chi connectivity index (χ0n) is 10.4. The molecule has 0 bridgehead atoms. The van der Waals surface area contributed by atoms with Crippen molar-refractivity contribution in [3.8, 4) is 0 Å². The van der Waals surface area contributed by atoms with Gasteiger partial charge in [0, 0.05) is 10.0 Å². The predicted molar refractivity (Wildman–Crippen MR) is 78.4 cm³/mol. The van der Waals surface area contributed by atoms with Gasteiger partial charge in [-0.3, -0.25) is 0 Å². The van der Waals surface area contributed by atoms with Gasteiger partial charge < -0.3 is 5.73 Å². The molecule has 2 N–H and O–H groups in total. The Hall–Kier alpha value is -1.02. The Bertz CT molecular complexity index is 577. The monoisotopic (exact) mass is 279 g/mol. The molecule has 0 fully saturated rings. The first kappa shape index (κ1) is 13.4. The van der Waals surface area contributed by atoms with Crippen molar-refractivity contribution in [2.24, 2.45) is 5.73 Å². The molecule has 2 rings (SSSR count). The number of hydrogen-bond donors (Lipinski definition) is 1. The van der Waals surface area contributed by atoms with E-state index in [0.29, 0.717) is 10.0 Å².